The number of rotatable bonds is 8. The van der Waals surface area contributed by atoms with Crippen LogP contribution in [0.5, 0.6) is 0 Å². The molecular weight excluding hydrogens is 356 g/mol. The number of thioether (sulfide) groups is 1. The molecular formula is C22H28N2O2S. The third-order valence-corrected chi connectivity index (χ3v) is 5.65. The van der Waals surface area contributed by atoms with Gasteiger partial charge in [0.25, 0.3) is 0 Å². The molecule has 1 amide bonds. The fraction of sp³-hybridized carbons (Fsp3) is 0.409. The average molecular weight is 385 g/mol. The Morgan fingerprint density at radius 1 is 1.00 bits per heavy atom. The van der Waals surface area contributed by atoms with Gasteiger partial charge in [-0.25, -0.2) is 0 Å². The van der Waals surface area contributed by atoms with Crippen LogP contribution >= 0.6 is 11.8 Å². The minimum atomic E-state index is 0.0875. The average Bonchev–Trinajstić information content (AvgIpc) is 2.70. The molecule has 0 spiro atoms. The third-order valence-electron chi connectivity index (χ3n) is 4.65. The number of carbonyl (C=O) groups excluding carboxylic acids is 1. The smallest absolute Gasteiger partial charge is 0.230 e. The van der Waals surface area contributed by atoms with E-state index in [0.29, 0.717) is 12.3 Å². The molecule has 144 valence electrons. The van der Waals surface area contributed by atoms with Gasteiger partial charge in [-0.05, 0) is 23.6 Å². The van der Waals surface area contributed by atoms with Gasteiger partial charge in [-0.3, -0.25) is 9.69 Å². The number of nitrogens with one attached hydrogen (secondary N) is 1. The maximum Gasteiger partial charge on any atom is 0.230 e. The van der Waals surface area contributed by atoms with Crippen LogP contribution in [-0.4, -0.2) is 42.9 Å². The summed E-state index contributed by atoms with van der Waals surface area (Å²) in [5.74, 6) is 1.44. The van der Waals surface area contributed by atoms with Crippen LogP contribution in [0, 0.1) is 6.92 Å². The highest BCUT2D eigenvalue weighted by molar-refractivity contribution is 7.99. The van der Waals surface area contributed by atoms with Crippen LogP contribution in [0.4, 0.5) is 0 Å². The van der Waals surface area contributed by atoms with E-state index in [9.17, 15) is 4.79 Å². The van der Waals surface area contributed by atoms with Crippen LogP contribution < -0.4 is 5.32 Å². The molecule has 1 heterocycles. The Kier molecular flexibility index (Phi) is 7.75. The van der Waals surface area contributed by atoms with Gasteiger partial charge in [0.1, 0.15) is 0 Å². The lowest BCUT2D eigenvalue weighted by Crippen LogP contribution is -2.35. The van der Waals surface area contributed by atoms with Crippen LogP contribution in [0.1, 0.15) is 22.3 Å². The number of nitrogens with zero attached hydrogens (tertiary/aromatic N) is 1. The van der Waals surface area contributed by atoms with Gasteiger partial charge in [0.2, 0.25) is 5.91 Å². The Morgan fingerprint density at radius 2 is 1.63 bits per heavy atom. The Hall–Kier alpha value is -1.82. The van der Waals surface area contributed by atoms with E-state index >= 15 is 0 Å². The maximum atomic E-state index is 12.0. The number of hydrogen-bond donors (Lipinski definition) is 1. The van der Waals surface area contributed by atoms with Crippen molar-refractivity contribution >= 4 is 17.7 Å². The van der Waals surface area contributed by atoms with Crippen LogP contribution in [0.2, 0.25) is 0 Å². The van der Waals surface area contributed by atoms with Crippen molar-refractivity contribution in [2.45, 2.75) is 25.8 Å². The Balaban J connectivity index is 1.35. The molecule has 0 unspecified atom stereocenters. The predicted octanol–water partition coefficient (Wildman–Crippen LogP) is 3.38. The minimum absolute atomic E-state index is 0.0875. The highest BCUT2D eigenvalue weighted by Gasteiger charge is 2.10. The largest absolute Gasteiger partial charge is 0.379 e. The van der Waals surface area contributed by atoms with Crippen LogP contribution in [0.15, 0.2) is 48.5 Å². The number of benzene rings is 2. The van der Waals surface area contributed by atoms with Crippen molar-refractivity contribution in [2.24, 2.45) is 0 Å². The van der Waals surface area contributed by atoms with Crippen LogP contribution in [0.25, 0.3) is 0 Å². The molecule has 5 heteroatoms. The first-order valence-corrected chi connectivity index (χ1v) is 10.6. The monoisotopic (exact) mass is 384 g/mol. The fourth-order valence-electron chi connectivity index (χ4n) is 2.98. The summed E-state index contributed by atoms with van der Waals surface area (Å²) in [6.45, 7) is 7.28. The first-order chi connectivity index (χ1) is 13.2. The van der Waals surface area contributed by atoms with E-state index < -0.39 is 0 Å². The highest BCUT2D eigenvalue weighted by Crippen LogP contribution is 2.13. The zero-order chi connectivity index (χ0) is 18.9. The molecule has 0 aliphatic carbocycles. The lowest BCUT2D eigenvalue weighted by molar-refractivity contribution is -0.118. The van der Waals surface area contributed by atoms with Crippen molar-refractivity contribution in [1.29, 1.82) is 0 Å². The molecule has 2 aromatic rings. The number of ether oxygens (including phenoxy) is 1. The highest BCUT2D eigenvalue weighted by atomic mass is 32.2. The molecule has 0 bridgehead atoms. The van der Waals surface area contributed by atoms with E-state index in [1.165, 1.54) is 16.7 Å². The zero-order valence-corrected chi connectivity index (χ0v) is 16.8. The molecule has 1 N–H and O–H groups in total. The summed E-state index contributed by atoms with van der Waals surface area (Å²) in [5, 5.41) is 3.01. The Labute approximate surface area is 166 Å². The molecule has 1 fully saturated rings. The van der Waals surface area contributed by atoms with Gasteiger partial charge in [0.15, 0.2) is 0 Å². The van der Waals surface area contributed by atoms with Crippen LogP contribution in [0.3, 0.4) is 0 Å². The molecule has 4 nitrogen and oxygen atoms in total. The molecule has 0 radical (unpaired) electrons. The Bertz CT molecular complexity index is 710. The third kappa shape index (κ3) is 7.01. The molecule has 2 aromatic carbocycles. The van der Waals surface area contributed by atoms with Gasteiger partial charge in [-0.2, -0.15) is 0 Å². The first kappa shape index (κ1) is 19.9. The number of hydrogen-bond acceptors (Lipinski definition) is 4. The summed E-state index contributed by atoms with van der Waals surface area (Å²) in [5.41, 5.74) is 4.96. The molecule has 0 atom stereocenters. The number of carbonyl (C=O) groups is 1. The number of aryl methyl sites for hydroxylation is 1. The van der Waals surface area contributed by atoms with Crippen molar-refractivity contribution in [3.05, 3.63) is 70.8 Å². The lowest BCUT2D eigenvalue weighted by Gasteiger charge is -2.26. The van der Waals surface area contributed by atoms with Gasteiger partial charge in [-0.15, -0.1) is 11.8 Å². The van der Waals surface area contributed by atoms with Crippen LogP contribution in [-0.2, 0) is 28.4 Å². The van der Waals surface area contributed by atoms with E-state index in [1.807, 2.05) is 0 Å². The van der Waals surface area contributed by atoms with Crippen molar-refractivity contribution in [3.8, 4) is 0 Å². The molecule has 0 aromatic heterocycles. The van der Waals surface area contributed by atoms with E-state index in [1.54, 1.807) is 11.8 Å². The zero-order valence-electron chi connectivity index (χ0n) is 15.9. The fourth-order valence-corrected chi connectivity index (χ4v) is 3.80. The number of morpholine rings is 1. The summed E-state index contributed by atoms with van der Waals surface area (Å²) in [7, 11) is 0. The second kappa shape index (κ2) is 10.5. The van der Waals surface area contributed by atoms with E-state index in [2.05, 4.69) is 65.7 Å². The van der Waals surface area contributed by atoms with Gasteiger partial charge >= 0.3 is 0 Å². The summed E-state index contributed by atoms with van der Waals surface area (Å²) in [6.07, 6.45) is 0. The normalized spacial score (nSPS) is 14.9. The summed E-state index contributed by atoms with van der Waals surface area (Å²) >= 11 is 1.65. The van der Waals surface area contributed by atoms with E-state index in [0.717, 1.165) is 44.2 Å². The minimum Gasteiger partial charge on any atom is -0.379 e. The lowest BCUT2D eigenvalue weighted by atomic mass is 10.1. The number of amides is 1. The molecule has 1 aliphatic rings. The predicted molar refractivity (Wildman–Crippen MR) is 112 cm³/mol. The summed E-state index contributed by atoms with van der Waals surface area (Å²) in [4.78, 5) is 14.4. The second-order valence-corrected chi connectivity index (χ2v) is 7.95. The van der Waals surface area contributed by atoms with Crippen molar-refractivity contribution in [3.63, 3.8) is 0 Å². The van der Waals surface area contributed by atoms with Gasteiger partial charge < -0.3 is 10.1 Å². The molecule has 0 saturated carbocycles. The first-order valence-electron chi connectivity index (χ1n) is 9.47. The van der Waals surface area contributed by atoms with Gasteiger partial charge in [0, 0.05) is 31.9 Å². The summed E-state index contributed by atoms with van der Waals surface area (Å²) in [6, 6.07) is 17.0. The maximum absolute atomic E-state index is 12.0. The topological polar surface area (TPSA) is 41.6 Å². The van der Waals surface area contributed by atoms with Crippen molar-refractivity contribution in [1.82, 2.24) is 10.2 Å². The van der Waals surface area contributed by atoms with Gasteiger partial charge in [-0.1, -0.05) is 54.1 Å². The van der Waals surface area contributed by atoms with Crippen molar-refractivity contribution in [2.75, 3.05) is 32.1 Å². The molecule has 27 heavy (non-hydrogen) atoms. The molecule has 1 aliphatic heterocycles. The summed E-state index contributed by atoms with van der Waals surface area (Å²) < 4.78 is 5.38. The van der Waals surface area contributed by atoms with E-state index in [-0.39, 0.29) is 5.91 Å². The standard InChI is InChI=1S/C22H28N2O2S/c1-18-2-4-21(5-3-18)16-27-17-22(25)23-14-19-6-8-20(9-7-19)15-24-10-12-26-13-11-24/h2-9H,10-17H2,1H3,(H,23,25). The van der Waals surface area contributed by atoms with Gasteiger partial charge in [0.05, 0.1) is 19.0 Å². The Morgan fingerprint density at radius 3 is 2.33 bits per heavy atom. The SMILES string of the molecule is Cc1ccc(CSCC(=O)NCc2ccc(CN3CCOCC3)cc2)cc1. The van der Waals surface area contributed by atoms with E-state index in [4.69, 9.17) is 4.74 Å². The molecule has 3 rings (SSSR count). The molecule has 1 saturated heterocycles. The second-order valence-electron chi connectivity index (χ2n) is 6.96. The van der Waals surface area contributed by atoms with Crippen molar-refractivity contribution < 1.29 is 9.53 Å². The quantitative estimate of drug-likeness (QED) is 0.758.